The molecule has 39 heavy (non-hydrogen) atoms. The fourth-order valence-electron chi connectivity index (χ4n) is 3.46. The molecule has 0 saturated carbocycles. The maximum absolute atomic E-state index is 14.6. The van der Waals surface area contributed by atoms with E-state index in [1.54, 1.807) is 12.1 Å². The van der Waals surface area contributed by atoms with E-state index in [1.165, 1.54) is 18.2 Å². The molecule has 0 radical (unpaired) electrons. The Labute approximate surface area is 224 Å². The van der Waals surface area contributed by atoms with Gasteiger partial charge in [0.25, 0.3) is 11.5 Å². The molecule has 2 heterocycles. The predicted octanol–water partition coefficient (Wildman–Crippen LogP) is 2.01. The summed E-state index contributed by atoms with van der Waals surface area (Å²) in [7, 11) is 0. The van der Waals surface area contributed by atoms with Crippen molar-refractivity contribution in [1.29, 1.82) is 0 Å². The highest BCUT2D eigenvalue weighted by molar-refractivity contribution is 8.15. The number of carbonyl (C=O) groups is 3. The van der Waals surface area contributed by atoms with E-state index in [0.29, 0.717) is 5.69 Å². The Morgan fingerprint density at radius 3 is 2.36 bits per heavy atom. The van der Waals surface area contributed by atoms with E-state index in [-0.39, 0.29) is 23.1 Å². The second kappa shape index (κ2) is 12.7. The first kappa shape index (κ1) is 28.8. The Hall–Kier alpha value is -4.72. The largest absolute Gasteiger partial charge is 0.494 e. The Kier molecular flexibility index (Phi) is 9.38. The first-order chi connectivity index (χ1) is 18.4. The molecule has 1 fully saturated rings. The molecule has 0 bridgehead atoms. The van der Waals surface area contributed by atoms with Gasteiger partial charge in [0.1, 0.15) is 22.7 Å². The van der Waals surface area contributed by atoms with Crippen LogP contribution in [0.1, 0.15) is 36.1 Å². The third-order valence-corrected chi connectivity index (χ3v) is 6.26. The summed E-state index contributed by atoms with van der Waals surface area (Å²) in [6.07, 6.45) is -0.155. The second-order valence-electron chi connectivity index (χ2n) is 8.26. The van der Waals surface area contributed by atoms with Gasteiger partial charge in [-0.3, -0.25) is 29.1 Å². The molecule has 2 atom stereocenters. The number of carboxylic acids is 1. The van der Waals surface area contributed by atoms with Crippen LogP contribution in [0.15, 0.2) is 63.1 Å². The van der Waals surface area contributed by atoms with Gasteiger partial charge in [-0.25, -0.2) is 14.2 Å². The number of aliphatic carboxylic acids is 1. The number of anilines is 1. The van der Waals surface area contributed by atoms with Crippen molar-refractivity contribution in [2.24, 2.45) is 4.99 Å². The molecule has 14 heteroatoms. The van der Waals surface area contributed by atoms with E-state index in [2.05, 4.69) is 20.6 Å². The highest BCUT2D eigenvalue weighted by Gasteiger charge is 2.34. The number of aromatic hydroxyl groups is 1. The molecule has 3 aromatic rings. The van der Waals surface area contributed by atoms with Gasteiger partial charge in [0.15, 0.2) is 5.17 Å². The van der Waals surface area contributed by atoms with Gasteiger partial charge in [-0.1, -0.05) is 47.7 Å². The number of halogens is 1. The van der Waals surface area contributed by atoms with Crippen LogP contribution in [-0.4, -0.2) is 48.4 Å². The lowest BCUT2D eigenvalue weighted by atomic mass is 10.0. The number of carboxylic acid groups (broad SMARTS) is 1. The Balaban J connectivity index is 0.000000983. The second-order valence-corrected chi connectivity index (χ2v) is 9.45. The Morgan fingerprint density at radius 2 is 1.74 bits per heavy atom. The van der Waals surface area contributed by atoms with Crippen LogP contribution in [0.2, 0.25) is 0 Å². The molecule has 4 rings (SSSR count). The van der Waals surface area contributed by atoms with Crippen LogP contribution in [0.5, 0.6) is 5.88 Å². The Morgan fingerprint density at radius 1 is 1.10 bits per heavy atom. The van der Waals surface area contributed by atoms with Gasteiger partial charge < -0.3 is 20.8 Å². The number of aromatic nitrogens is 2. The molecule has 204 valence electrons. The average Bonchev–Trinajstić information content (AvgIpc) is 3.17. The number of aryl methyl sites for hydroxylation is 1. The van der Waals surface area contributed by atoms with Crippen LogP contribution in [0.25, 0.3) is 0 Å². The van der Waals surface area contributed by atoms with Crippen molar-refractivity contribution < 1.29 is 29.0 Å². The molecule has 2 aromatic carbocycles. The molecule has 1 aliphatic heterocycles. The lowest BCUT2D eigenvalue weighted by Crippen LogP contribution is -2.29. The van der Waals surface area contributed by atoms with Gasteiger partial charge in [-0.05, 0) is 25.1 Å². The number of amidine groups is 1. The van der Waals surface area contributed by atoms with Gasteiger partial charge in [-0.15, -0.1) is 0 Å². The van der Waals surface area contributed by atoms with Crippen molar-refractivity contribution in [3.63, 3.8) is 0 Å². The minimum Gasteiger partial charge on any atom is -0.494 e. The zero-order chi connectivity index (χ0) is 28.7. The summed E-state index contributed by atoms with van der Waals surface area (Å²) in [6.45, 7) is 3.00. The molecule has 0 spiro atoms. The van der Waals surface area contributed by atoms with E-state index in [1.807, 2.05) is 24.0 Å². The highest BCUT2D eigenvalue weighted by Crippen LogP contribution is 2.32. The maximum Gasteiger partial charge on any atom is 0.328 e. The number of aromatic amines is 2. The van der Waals surface area contributed by atoms with Crippen LogP contribution in [0.4, 0.5) is 10.1 Å². The zero-order valence-electron chi connectivity index (χ0n) is 20.6. The van der Waals surface area contributed by atoms with E-state index in [0.717, 1.165) is 30.3 Å². The van der Waals surface area contributed by atoms with Gasteiger partial charge in [0, 0.05) is 24.6 Å². The average molecular weight is 558 g/mol. The predicted molar refractivity (Wildman–Crippen MR) is 142 cm³/mol. The molecule has 6 N–H and O–H groups in total. The van der Waals surface area contributed by atoms with Crippen molar-refractivity contribution in [2.75, 3.05) is 5.32 Å². The topological polar surface area (TPSA) is 194 Å². The summed E-state index contributed by atoms with van der Waals surface area (Å²) in [6, 6.07) is 11.3. The third-order valence-electron chi connectivity index (χ3n) is 5.16. The quantitative estimate of drug-likeness (QED) is 0.265. The number of hydrogen-bond acceptors (Lipinski definition) is 8. The summed E-state index contributed by atoms with van der Waals surface area (Å²) in [5.41, 5.74) is -0.760. The Bertz CT molecular complexity index is 1530. The van der Waals surface area contributed by atoms with E-state index < -0.39 is 51.7 Å². The number of nitrogens with one attached hydrogen (secondary N) is 4. The van der Waals surface area contributed by atoms with Crippen molar-refractivity contribution in [3.05, 3.63) is 91.9 Å². The van der Waals surface area contributed by atoms with E-state index in [4.69, 9.17) is 9.90 Å². The summed E-state index contributed by atoms with van der Waals surface area (Å²) < 4.78 is 14.6. The van der Waals surface area contributed by atoms with Gasteiger partial charge in [0.2, 0.25) is 17.7 Å². The first-order valence-corrected chi connectivity index (χ1v) is 12.2. The molecule has 1 aliphatic rings. The molecule has 1 saturated heterocycles. The minimum atomic E-state index is -1.39. The number of thioether (sulfide) groups is 1. The summed E-state index contributed by atoms with van der Waals surface area (Å²) >= 11 is 0.939. The monoisotopic (exact) mass is 557 g/mol. The van der Waals surface area contributed by atoms with Crippen LogP contribution < -0.4 is 21.9 Å². The molecular weight excluding hydrogens is 533 g/mol. The molecule has 1 aromatic heterocycles. The fourth-order valence-corrected chi connectivity index (χ4v) is 4.46. The van der Waals surface area contributed by atoms with Crippen LogP contribution >= 0.6 is 11.8 Å². The lowest BCUT2D eigenvalue weighted by molar-refractivity contribution is -0.134. The summed E-state index contributed by atoms with van der Waals surface area (Å²) in [4.78, 5) is 66.2. The number of H-pyrrole nitrogens is 2. The van der Waals surface area contributed by atoms with Crippen molar-refractivity contribution in [1.82, 2.24) is 15.3 Å². The maximum atomic E-state index is 14.6. The smallest absolute Gasteiger partial charge is 0.328 e. The van der Waals surface area contributed by atoms with E-state index in [9.17, 15) is 28.7 Å². The van der Waals surface area contributed by atoms with Crippen molar-refractivity contribution in [2.45, 2.75) is 31.6 Å². The van der Waals surface area contributed by atoms with Crippen molar-refractivity contribution >= 4 is 40.4 Å². The summed E-state index contributed by atoms with van der Waals surface area (Å²) in [5.74, 6) is -3.20. The number of benzene rings is 2. The van der Waals surface area contributed by atoms with Gasteiger partial charge >= 0.3 is 5.69 Å². The molecule has 2 amide bonds. The number of rotatable bonds is 6. The number of carbonyl (C=O) groups excluding carboxylic acids is 2. The van der Waals surface area contributed by atoms with Crippen molar-refractivity contribution in [3.8, 4) is 5.88 Å². The fraction of sp³-hybridized carbons (Fsp3) is 0.200. The molecular formula is C25H24FN5O7S. The zero-order valence-corrected chi connectivity index (χ0v) is 21.5. The van der Waals surface area contributed by atoms with Crippen LogP contribution in [-0.2, 0) is 14.4 Å². The third kappa shape index (κ3) is 7.88. The normalized spacial score (nSPS) is 16.1. The SMILES string of the molecule is CC(=O)O.Cc1ccc(NC(=O)CC2SC(=NC(c3ccccc3F)c3c(O)[nH]c(=O)[nH]c3=O)NC2=O)cc1. The number of nitrogens with zero attached hydrogens (tertiary/aromatic N) is 1. The standard InChI is InChI=1S/C23H20FN5O5S.C2H4O2/c1-11-6-8-12(9-7-11)25-16(30)10-15-19(31)29-23(35-15)26-18(13-4-2-3-5-14(13)24)17-20(32)27-22(34)28-21(17)33;1-2(3)4/h2-9,15,18H,10H2,1H3,(H,25,30)(H,26,29,31)(H3,27,28,32,33,34);1H3,(H,3,4). The van der Waals surface area contributed by atoms with Gasteiger partial charge in [0.05, 0.1) is 0 Å². The van der Waals surface area contributed by atoms with Gasteiger partial charge in [-0.2, -0.15) is 0 Å². The van der Waals surface area contributed by atoms with Crippen LogP contribution in [0, 0.1) is 12.7 Å². The lowest BCUT2D eigenvalue weighted by Gasteiger charge is -2.15. The van der Waals surface area contributed by atoms with Crippen LogP contribution in [0.3, 0.4) is 0 Å². The minimum absolute atomic E-state index is 0.0291. The number of aliphatic imine (C=N–C) groups is 1. The first-order valence-electron chi connectivity index (χ1n) is 11.4. The van der Waals surface area contributed by atoms with E-state index >= 15 is 0 Å². The highest BCUT2D eigenvalue weighted by atomic mass is 32.2. The molecule has 2 unspecified atom stereocenters. The number of hydrogen-bond donors (Lipinski definition) is 6. The molecule has 0 aliphatic carbocycles. The molecule has 12 nitrogen and oxygen atoms in total. The summed E-state index contributed by atoms with van der Waals surface area (Å²) in [5, 5.41) is 22.1. The number of amides is 2.